The van der Waals surface area contributed by atoms with Gasteiger partial charge in [0.15, 0.2) is 6.23 Å². The molecule has 0 bridgehead atoms. The van der Waals surface area contributed by atoms with Gasteiger partial charge >= 0.3 is 11.9 Å². The summed E-state index contributed by atoms with van der Waals surface area (Å²) in [5.74, 6) is -0.713. The van der Waals surface area contributed by atoms with Crippen LogP contribution >= 0.6 is 0 Å². The molecule has 0 aliphatic heterocycles. The van der Waals surface area contributed by atoms with Crippen LogP contribution in [0, 0.1) is 0 Å². The third-order valence-corrected chi connectivity index (χ3v) is 5.35. The highest BCUT2D eigenvalue weighted by atomic mass is 16.6. The Balaban J connectivity index is 4.37. The lowest BCUT2D eigenvalue weighted by Gasteiger charge is -2.35. The Kier molecular flexibility index (Phi) is 16.1. The quantitative estimate of drug-likeness (QED) is 0.0898. The van der Waals surface area contributed by atoms with Crippen molar-refractivity contribution in [2.45, 2.75) is 125 Å². The van der Waals surface area contributed by atoms with E-state index in [-0.39, 0.29) is 30.3 Å². The van der Waals surface area contributed by atoms with Crippen LogP contribution in [0.15, 0.2) is 23.3 Å². The average Bonchev–Trinajstić information content (AvgIpc) is 2.69. The zero-order chi connectivity index (χ0) is 23.8. The minimum atomic E-state index is -0.379. The standard InChI is InChI=1S/C26H47NO4/c1-9-10-11-12-13-14-15-16-19-30-25(28)22(6)17-18-23(7)26(29)31-24(8)27(20(2)3)21(4)5/h17-18,20-21,24H,9-16,19H2,1-8H3/b22-17+,23-18+. The third kappa shape index (κ3) is 13.4. The summed E-state index contributed by atoms with van der Waals surface area (Å²) in [5.41, 5.74) is 0.931. The van der Waals surface area contributed by atoms with Crippen LogP contribution < -0.4 is 0 Å². The summed E-state index contributed by atoms with van der Waals surface area (Å²) in [5, 5.41) is 0. The molecule has 0 N–H and O–H groups in total. The predicted molar refractivity (Wildman–Crippen MR) is 129 cm³/mol. The van der Waals surface area contributed by atoms with Gasteiger partial charge in [-0.15, -0.1) is 0 Å². The molecule has 0 radical (unpaired) electrons. The first-order valence-corrected chi connectivity index (χ1v) is 12.1. The Bertz CT molecular complexity index is 570. The number of hydrogen-bond acceptors (Lipinski definition) is 5. The maximum Gasteiger partial charge on any atom is 0.335 e. The lowest BCUT2D eigenvalue weighted by atomic mass is 10.1. The summed E-state index contributed by atoms with van der Waals surface area (Å²) in [6, 6.07) is 0.537. The van der Waals surface area contributed by atoms with Crippen LogP contribution in [-0.2, 0) is 19.1 Å². The largest absolute Gasteiger partial charge is 0.462 e. The van der Waals surface area contributed by atoms with Gasteiger partial charge in [-0.3, -0.25) is 4.90 Å². The van der Waals surface area contributed by atoms with Crippen LogP contribution in [0.3, 0.4) is 0 Å². The molecule has 0 saturated heterocycles. The van der Waals surface area contributed by atoms with Crippen molar-refractivity contribution >= 4 is 11.9 Å². The highest BCUT2D eigenvalue weighted by Crippen LogP contribution is 2.14. The fraction of sp³-hybridized carbons (Fsp3) is 0.769. The molecule has 0 aromatic carbocycles. The Morgan fingerprint density at radius 1 is 0.742 bits per heavy atom. The highest BCUT2D eigenvalue weighted by Gasteiger charge is 2.23. The summed E-state index contributed by atoms with van der Waals surface area (Å²) < 4.78 is 10.9. The van der Waals surface area contributed by atoms with Crippen LogP contribution in [0.25, 0.3) is 0 Å². The van der Waals surface area contributed by atoms with Crippen molar-refractivity contribution in [3.05, 3.63) is 23.3 Å². The first-order chi connectivity index (χ1) is 14.6. The van der Waals surface area contributed by atoms with Gasteiger partial charge < -0.3 is 9.47 Å². The number of ether oxygens (including phenoxy) is 2. The molecule has 0 saturated carbocycles. The Morgan fingerprint density at radius 3 is 1.68 bits per heavy atom. The molecule has 0 heterocycles. The van der Waals surface area contributed by atoms with E-state index in [1.54, 1.807) is 26.0 Å². The van der Waals surface area contributed by atoms with Crippen LogP contribution in [-0.4, -0.2) is 41.8 Å². The Hall–Kier alpha value is -1.62. The van der Waals surface area contributed by atoms with Crippen molar-refractivity contribution in [1.82, 2.24) is 4.90 Å². The lowest BCUT2D eigenvalue weighted by Crippen LogP contribution is -2.45. The molecule has 31 heavy (non-hydrogen) atoms. The van der Waals surface area contributed by atoms with Gasteiger partial charge in [-0.1, -0.05) is 64.0 Å². The van der Waals surface area contributed by atoms with Gasteiger partial charge in [0.1, 0.15) is 0 Å². The first kappa shape index (κ1) is 29.4. The SMILES string of the molecule is CCCCCCCCCCOC(=O)/C(C)=C/C=C(\C)C(=O)OC(C)N(C(C)C)C(C)C. The Morgan fingerprint density at radius 2 is 1.19 bits per heavy atom. The normalized spacial score (nSPS) is 13.8. The molecule has 0 spiro atoms. The summed E-state index contributed by atoms with van der Waals surface area (Å²) >= 11 is 0. The Labute approximate surface area is 191 Å². The topological polar surface area (TPSA) is 55.8 Å². The number of carbonyl (C=O) groups is 2. The van der Waals surface area contributed by atoms with Crippen molar-refractivity contribution in [2.75, 3.05) is 6.61 Å². The molecular formula is C26H47NO4. The van der Waals surface area contributed by atoms with E-state index in [1.807, 2.05) is 6.92 Å². The van der Waals surface area contributed by atoms with Crippen molar-refractivity contribution < 1.29 is 19.1 Å². The summed E-state index contributed by atoms with van der Waals surface area (Å²) in [6.07, 6.45) is 12.6. The van der Waals surface area contributed by atoms with Crippen molar-refractivity contribution in [2.24, 2.45) is 0 Å². The molecule has 5 heteroatoms. The minimum Gasteiger partial charge on any atom is -0.462 e. The molecular weight excluding hydrogens is 390 g/mol. The fourth-order valence-corrected chi connectivity index (χ4v) is 3.65. The van der Waals surface area contributed by atoms with E-state index in [0.717, 1.165) is 12.8 Å². The first-order valence-electron chi connectivity index (χ1n) is 12.1. The minimum absolute atomic E-state index is 0.269. The van der Waals surface area contributed by atoms with Gasteiger partial charge in [0.25, 0.3) is 0 Å². The molecule has 0 aromatic rings. The van der Waals surface area contributed by atoms with Gasteiger partial charge in [-0.2, -0.15) is 0 Å². The second-order valence-corrected chi connectivity index (χ2v) is 8.95. The van der Waals surface area contributed by atoms with Gasteiger partial charge in [0.05, 0.1) is 6.61 Å². The van der Waals surface area contributed by atoms with Crippen LogP contribution in [0.4, 0.5) is 0 Å². The zero-order valence-electron chi connectivity index (χ0n) is 21.3. The van der Waals surface area contributed by atoms with Crippen LogP contribution in [0.2, 0.25) is 0 Å². The molecule has 1 unspecified atom stereocenters. The van der Waals surface area contributed by atoms with E-state index in [0.29, 0.717) is 17.8 Å². The summed E-state index contributed by atoms with van der Waals surface area (Å²) in [6.45, 7) is 16.3. The smallest absolute Gasteiger partial charge is 0.335 e. The van der Waals surface area contributed by atoms with E-state index in [4.69, 9.17) is 9.47 Å². The number of nitrogens with zero attached hydrogens (tertiary/aromatic N) is 1. The molecule has 1 atom stereocenters. The van der Waals surface area contributed by atoms with Crippen molar-refractivity contribution in [1.29, 1.82) is 0 Å². The predicted octanol–water partition coefficient (Wildman–Crippen LogP) is 6.57. The molecule has 0 aliphatic rings. The summed E-state index contributed by atoms with van der Waals surface area (Å²) in [4.78, 5) is 26.6. The van der Waals surface area contributed by atoms with Crippen molar-refractivity contribution in [3.63, 3.8) is 0 Å². The van der Waals surface area contributed by atoms with Crippen LogP contribution in [0.1, 0.15) is 107 Å². The van der Waals surface area contributed by atoms with E-state index >= 15 is 0 Å². The van der Waals surface area contributed by atoms with E-state index in [2.05, 4.69) is 39.5 Å². The van der Waals surface area contributed by atoms with Crippen LogP contribution in [0.5, 0.6) is 0 Å². The second kappa shape index (κ2) is 17.0. The molecule has 0 aromatic heterocycles. The zero-order valence-corrected chi connectivity index (χ0v) is 21.3. The van der Waals surface area contributed by atoms with Gasteiger partial charge in [-0.25, -0.2) is 9.59 Å². The van der Waals surface area contributed by atoms with Crippen molar-refractivity contribution in [3.8, 4) is 0 Å². The maximum atomic E-state index is 12.4. The second-order valence-electron chi connectivity index (χ2n) is 8.95. The fourth-order valence-electron chi connectivity index (χ4n) is 3.65. The molecule has 0 aliphatic carbocycles. The number of carbonyl (C=O) groups excluding carboxylic acids is 2. The number of hydrogen-bond donors (Lipinski definition) is 0. The average molecular weight is 438 g/mol. The van der Waals surface area contributed by atoms with Gasteiger partial charge in [-0.05, 0) is 54.9 Å². The third-order valence-electron chi connectivity index (χ3n) is 5.35. The number of unbranched alkanes of at least 4 members (excludes halogenated alkanes) is 7. The molecule has 0 amide bonds. The molecule has 5 nitrogen and oxygen atoms in total. The van der Waals surface area contributed by atoms with E-state index in [1.165, 1.54) is 38.5 Å². The monoisotopic (exact) mass is 437 g/mol. The lowest BCUT2D eigenvalue weighted by molar-refractivity contribution is -0.156. The number of esters is 2. The van der Waals surface area contributed by atoms with Gasteiger partial charge in [0, 0.05) is 23.2 Å². The number of rotatable bonds is 16. The molecule has 0 fully saturated rings. The highest BCUT2D eigenvalue weighted by molar-refractivity contribution is 5.90. The maximum absolute atomic E-state index is 12.4. The number of allylic oxidation sites excluding steroid dienone is 2. The van der Waals surface area contributed by atoms with Gasteiger partial charge in [0.2, 0.25) is 0 Å². The molecule has 0 rings (SSSR count). The molecule has 180 valence electrons. The summed E-state index contributed by atoms with van der Waals surface area (Å²) in [7, 11) is 0. The van der Waals surface area contributed by atoms with E-state index in [9.17, 15) is 9.59 Å². The van der Waals surface area contributed by atoms with E-state index < -0.39 is 0 Å².